The summed E-state index contributed by atoms with van der Waals surface area (Å²) in [6.45, 7) is 1.65. The lowest BCUT2D eigenvalue weighted by molar-refractivity contribution is -0.384. The van der Waals surface area contributed by atoms with Crippen molar-refractivity contribution in [1.29, 1.82) is 0 Å². The van der Waals surface area contributed by atoms with Gasteiger partial charge in [-0.25, -0.2) is 13.1 Å². The van der Waals surface area contributed by atoms with Gasteiger partial charge in [0.05, 0.1) is 14.7 Å². The minimum absolute atomic E-state index is 0.00792. The van der Waals surface area contributed by atoms with Crippen molar-refractivity contribution in [3.05, 3.63) is 62.7 Å². The largest absolute Gasteiger partial charge is 0.362 e. The van der Waals surface area contributed by atoms with Crippen molar-refractivity contribution < 1.29 is 18.3 Å². The van der Waals surface area contributed by atoms with Crippen LogP contribution in [0.15, 0.2) is 47.4 Å². The van der Waals surface area contributed by atoms with Crippen LogP contribution in [0.3, 0.4) is 0 Å². The molecular weight excluding hydrogens is 402 g/mol. The Hall–Kier alpha value is -3.25. The van der Waals surface area contributed by atoms with E-state index in [-0.39, 0.29) is 16.3 Å². The molecule has 2 aromatic rings. The highest BCUT2D eigenvalue weighted by molar-refractivity contribution is 7.89. The summed E-state index contributed by atoms with van der Waals surface area (Å²) >= 11 is 0. The van der Waals surface area contributed by atoms with Gasteiger partial charge in [-0.3, -0.25) is 20.2 Å². The Balaban J connectivity index is 1.84. The lowest BCUT2D eigenvalue weighted by atomic mass is 10.2. The van der Waals surface area contributed by atoms with Gasteiger partial charge in [-0.1, -0.05) is 12.1 Å². The Morgan fingerprint density at radius 1 is 0.862 bits per heavy atom. The Morgan fingerprint density at radius 2 is 1.38 bits per heavy atom. The highest BCUT2D eigenvalue weighted by atomic mass is 32.2. The fourth-order valence-corrected chi connectivity index (χ4v) is 4.03. The third-order valence-corrected chi connectivity index (χ3v) is 6.17. The lowest BCUT2D eigenvalue weighted by Crippen LogP contribution is -2.46. The van der Waals surface area contributed by atoms with Crippen molar-refractivity contribution in [2.75, 3.05) is 43.0 Å². The molecule has 1 aliphatic rings. The maximum Gasteiger partial charge on any atom is 0.293 e. The molecule has 11 nitrogen and oxygen atoms in total. The second-order valence-corrected chi connectivity index (χ2v) is 8.22. The summed E-state index contributed by atoms with van der Waals surface area (Å²) in [6, 6.07) is 10.2. The maximum atomic E-state index is 11.9. The van der Waals surface area contributed by atoms with Gasteiger partial charge in [-0.05, 0) is 25.2 Å². The van der Waals surface area contributed by atoms with Crippen molar-refractivity contribution in [3.63, 3.8) is 0 Å². The molecule has 0 atom stereocenters. The first-order valence-electron chi connectivity index (χ1n) is 8.70. The molecule has 1 N–H and O–H groups in total. The monoisotopic (exact) mass is 421 g/mol. The maximum absolute atomic E-state index is 11.9. The first-order chi connectivity index (χ1) is 13.7. The quantitative estimate of drug-likeness (QED) is 0.550. The summed E-state index contributed by atoms with van der Waals surface area (Å²) in [5, 5.41) is 22.8. The van der Waals surface area contributed by atoms with Gasteiger partial charge in [0.15, 0.2) is 0 Å². The van der Waals surface area contributed by atoms with Gasteiger partial charge in [0, 0.05) is 38.3 Å². The molecule has 0 spiro atoms. The number of nitro groups is 2. The fourth-order valence-electron chi connectivity index (χ4n) is 3.28. The molecule has 0 unspecified atom stereocenters. The molecule has 1 aliphatic heterocycles. The van der Waals surface area contributed by atoms with Gasteiger partial charge in [0.2, 0.25) is 10.0 Å². The number of nitrogens with one attached hydrogen (secondary N) is 1. The van der Waals surface area contributed by atoms with Crippen LogP contribution in [0.25, 0.3) is 0 Å². The number of nitro benzene ring substituents is 2. The average molecular weight is 421 g/mol. The standard InChI is InChI=1S/C17H19N5O6S/c1-18-29(27,28)13-6-7-15(17(12-13)22(25)26)20-10-8-19(9-11-20)14-4-2-3-5-16(14)21(23)24/h2-7,12,18H,8-11H2,1H3. The van der Waals surface area contributed by atoms with Crippen LogP contribution in [0.4, 0.5) is 22.7 Å². The second-order valence-electron chi connectivity index (χ2n) is 6.34. The van der Waals surface area contributed by atoms with Gasteiger partial charge in [0.25, 0.3) is 11.4 Å². The van der Waals surface area contributed by atoms with Gasteiger partial charge < -0.3 is 9.80 Å². The number of rotatable bonds is 6. The van der Waals surface area contributed by atoms with Crippen LogP contribution >= 0.6 is 0 Å². The molecule has 0 aliphatic carbocycles. The SMILES string of the molecule is CNS(=O)(=O)c1ccc(N2CCN(c3ccccc3[N+](=O)[O-])CC2)c([N+](=O)[O-])c1. The summed E-state index contributed by atoms with van der Waals surface area (Å²) in [5.41, 5.74) is 0.517. The van der Waals surface area contributed by atoms with Crippen LogP contribution < -0.4 is 14.5 Å². The molecule has 2 aromatic carbocycles. The highest BCUT2D eigenvalue weighted by Gasteiger charge is 2.28. The predicted molar refractivity (Wildman–Crippen MR) is 107 cm³/mol. The van der Waals surface area contributed by atoms with Crippen LogP contribution in [0.2, 0.25) is 0 Å². The first kappa shape index (κ1) is 20.5. The van der Waals surface area contributed by atoms with E-state index in [0.29, 0.717) is 37.6 Å². The molecular formula is C17H19N5O6S. The zero-order valence-corrected chi connectivity index (χ0v) is 16.3. The molecule has 0 saturated carbocycles. The van der Waals surface area contributed by atoms with E-state index < -0.39 is 19.9 Å². The van der Waals surface area contributed by atoms with Gasteiger partial charge in [0.1, 0.15) is 11.4 Å². The molecule has 12 heteroatoms. The number of hydrogen-bond donors (Lipinski definition) is 1. The molecule has 154 valence electrons. The number of anilines is 2. The summed E-state index contributed by atoms with van der Waals surface area (Å²) in [6.07, 6.45) is 0. The average Bonchev–Trinajstić information content (AvgIpc) is 2.73. The Bertz CT molecular complexity index is 1050. The van der Waals surface area contributed by atoms with Crippen LogP contribution in [-0.2, 0) is 10.0 Å². The minimum atomic E-state index is -3.80. The van der Waals surface area contributed by atoms with Crippen molar-refractivity contribution in [1.82, 2.24) is 4.72 Å². The minimum Gasteiger partial charge on any atom is -0.362 e. The number of piperazine rings is 1. The molecule has 1 heterocycles. The zero-order valence-electron chi connectivity index (χ0n) is 15.5. The van der Waals surface area contributed by atoms with Crippen LogP contribution in [0, 0.1) is 20.2 Å². The van der Waals surface area contributed by atoms with E-state index in [4.69, 9.17) is 0 Å². The zero-order chi connectivity index (χ0) is 21.2. The van der Waals surface area contributed by atoms with Crippen LogP contribution in [-0.4, -0.2) is 51.5 Å². The molecule has 0 amide bonds. The third kappa shape index (κ3) is 4.12. The molecule has 29 heavy (non-hydrogen) atoms. The van der Waals surface area contributed by atoms with E-state index in [1.165, 1.54) is 25.2 Å². The van der Waals surface area contributed by atoms with E-state index in [0.717, 1.165) is 6.07 Å². The van der Waals surface area contributed by atoms with Crippen molar-refractivity contribution in [2.24, 2.45) is 0 Å². The number of sulfonamides is 1. The number of nitrogens with zero attached hydrogens (tertiary/aromatic N) is 4. The molecule has 0 radical (unpaired) electrons. The van der Waals surface area contributed by atoms with E-state index in [2.05, 4.69) is 4.72 Å². The van der Waals surface area contributed by atoms with Gasteiger partial charge in [-0.2, -0.15) is 0 Å². The summed E-state index contributed by atoms with van der Waals surface area (Å²) in [7, 11) is -2.57. The molecule has 1 saturated heterocycles. The Kier molecular flexibility index (Phi) is 5.66. The van der Waals surface area contributed by atoms with E-state index in [1.807, 2.05) is 4.90 Å². The van der Waals surface area contributed by atoms with E-state index >= 15 is 0 Å². The Morgan fingerprint density at radius 3 is 1.90 bits per heavy atom. The molecule has 0 bridgehead atoms. The highest BCUT2D eigenvalue weighted by Crippen LogP contribution is 2.33. The first-order valence-corrected chi connectivity index (χ1v) is 10.2. The molecule has 1 fully saturated rings. The second kappa shape index (κ2) is 8.01. The van der Waals surface area contributed by atoms with Gasteiger partial charge >= 0.3 is 0 Å². The normalized spacial score (nSPS) is 14.7. The number of hydrogen-bond acceptors (Lipinski definition) is 8. The summed E-state index contributed by atoms with van der Waals surface area (Å²) < 4.78 is 26.0. The van der Waals surface area contributed by atoms with E-state index in [1.54, 1.807) is 23.1 Å². The fraction of sp³-hybridized carbons (Fsp3) is 0.294. The Labute approximate surface area is 166 Å². The number of benzene rings is 2. The predicted octanol–water partition coefficient (Wildman–Crippen LogP) is 1.74. The topological polar surface area (TPSA) is 139 Å². The van der Waals surface area contributed by atoms with E-state index in [9.17, 15) is 28.6 Å². The van der Waals surface area contributed by atoms with Crippen molar-refractivity contribution >= 4 is 32.8 Å². The van der Waals surface area contributed by atoms with Crippen molar-refractivity contribution in [3.8, 4) is 0 Å². The number of para-hydroxylation sites is 2. The van der Waals surface area contributed by atoms with Gasteiger partial charge in [-0.15, -0.1) is 0 Å². The molecule has 3 rings (SSSR count). The summed E-state index contributed by atoms with van der Waals surface area (Å²) in [5.74, 6) is 0. The lowest BCUT2D eigenvalue weighted by Gasteiger charge is -2.36. The van der Waals surface area contributed by atoms with Crippen molar-refractivity contribution in [2.45, 2.75) is 4.90 Å². The van der Waals surface area contributed by atoms with Crippen LogP contribution in [0.5, 0.6) is 0 Å². The smallest absolute Gasteiger partial charge is 0.293 e. The van der Waals surface area contributed by atoms with Crippen LogP contribution in [0.1, 0.15) is 0 Å². The summed E-state index contributed by atoms with van der Waals surface area (Å²) in [4.78, 5) is 25.2. The third-order valence-electron chi connectivity index (χ3n) is 4.76. The molecule has 0 aromatic heterocycles.